The van der Waals surface area contributed by atoms with Crippen LogP contribution in [-0.4, -0.2) is 47.9 Å². The van der Waals surface area contributed by atoms with Crippen LogP contribution in [0.25, 0.3) is 0 Å². The van der Waals surface area contributed by atoms with E-state index in [0.29, 0.717) is 16.8 Å². The second-order valence-corrected chi connectivity index (χ2v) is 8.22. The molecule has 1 saturated heterocycles. The first kappa shape index (κ1) is 21.0. The van der Waals surface area contributed by atoms with Crippen molar-refractivity contribution in [3.63, 3.8) is 0 Å². The quantitative estimate of drug-likeness (QED) is 0.757. The molecule has 0 bridgehead atoms. The van der Waals surface area contributed by atoms with Crippen molar-refractivity contribution in [2.75, 3.05) is 41.8 Å². The monoisotopic (exact) mass is 428 g/mol. The van der Waals surface area contributed by atoms with E-state index >= 15 is 0 Å². The second kappa shape index (κ2) is 9.68. The average Bonchev–Trinajstić information content (AvgIpc) is 2.73. The molecule has 0 aromatic heterocycles. The maximum Gasteiger partial charge on any atom is 0.254 e. The lowest BCUT2D eigenvalue weighted by molar-refractivity contribution is -0.114. The molecule has 0 spiro atoms. The van der Waals surface area contributed by atoms with Gasteiger partial charge in [-0.2, -0.15) is 17.0 Å². The number of nitrogens with zero attached hydrogens (tertiary/aromatic N) is 2. The molecule has 3 rings (SSSR count). The fraction of sp³-hybridized carbons (Fsp3) is 0.286. The van der Waals surface area contributed by atoms with Gasteiger partial charge in [-0.1, -0.05) is 17.7 Å². The van der Waals surface area contributed by atoms with Gasteiger partial charge in [0, 0.05) is 41.5 Å². The number of rotatable bonds is 5. The van der Waals surface area contributed by atoms with Gasteiger partial charge >= 0.3 is 0 Å². The molecule has 0 aliphatic carbocycles. The number of carbonyl (C=O) groups is 2. The second-order valence-electron chi connectivity index (χ2n) is 6.59. The number of anilines is 2. The molecule has 1 heterocycles. The number of hydrogen-bond acceptors (Lipinski definition) is 5. The highest BCUT2D eigenvalue weighted by Gasteiger charge is 2.20. The summed E-state index contributed by atoms with van der Waals surface area (Å²) in [5, 5.41) is 15.0. The molecule has 1 aliphatic heterocycles. The summed E-state index contributed by atoms with van der Waals surface area (Å²) < 4.78 is 0. The largest absolute Gasteiger partial charge is 0.376 e. The minimum Gasteiger partial charge on any atom is -0.376 e. The molecule has 0 unspecified atom stereocenters. The summed E-state index contributed by atoms with van der Waals surface area (Å²) in [6, 6.07) is 12.2. The van der Waals surface area contributed by atoms with Crippen LogP contribution in [0.4, 0.5) is 11.4 Å². The molecule has 0 radical (unpaired) electrons. The number of nitriles is 1. The van der Waals surface area contributed by atoms with Crippen molar-refractivity contribution in [3.05, 3.63) is 58.1 Å². The third-order valence-corrected chi connectivity index (χ3v) is 5.93. The van der Waals surface area contributed by atoms with Gasteiger partial charge in [-0.25, -0.2) is 0 Å². The van der Waals surface area contributed by atoms with Gasteiger partial charge in [-0.05, 0) is 42.8 Å². The zero-order valence-corrected chi connectivity index (χ0v) is 17.6. The minimum absolute atomic E-state index is 0.0307. The maximum atomic E-state index is 12.8. The molecule has 6 nitrogen and oxygen atoms in total. The van der Waals surface area contributed by atoms with Gasteiger partial charge in [-0.3, -0.25) is 9.59 Å². The number of benzene rings is 2. The Kier molecular flexibility index (Phi) is 7.02. The third-order valence-electron chi connectivity index (χ3n) is 4.68. The Hall–Kier alpha value is -2.69. The summed E-state index contributed by atoms with van der Waals surface area (Å²) in [6.07, 6.45) is 0. The zero-order valence-electron chi connectivity index (χ0n) is 16.0. The molecule has 2 aromatic rings. The Morgan fingerprint density at radius 2 is 2.00 bits per heavy atom. The average molecular weight is 429 g/mol. The molecule has 29 heavy (non-hydrogen) atoms. The molecular weight excluding hydrogens is 408 g/mol. The summed E-state index contributed by atoms with van der Waals surface area (Å²) in [4.78, 5) is 27.0. The van der Waals surface area contributed by atoms with Gasteiger partial charge in [0.15, 0.2) is 0 Å². The number of amides is 2. The first-order valence-electron chi connectivity index (χ1n) is 9.19. The molecule has 1 fully saturated rings. The van der Waals surface area contributed by atoms with E-state index in [0.717, 1.165) is 35.8 Å². The van der Waals surface area contributed by atoms with Crippen molar-refractivity contribution in [3.8, 4) is 6.07 Å². The van der Waals surface area contributed by atoms with Crippen LogP contribution in [0.5, 0.6) is 0 Å². The molecule has 2 amide bonds. The summed E-state index contributed by atoms with van der Waals surface area (Å²) in [7, 11) is 0. The molecule has 2 N–H and O–H groups in total. The molecular formula is C21H21ClN4O2S. The van der Waals surface area contributed by atoms with E-state index < -0.39 is 0 Å². The van der Waals surface area contributed by atoms with Crippen LogP contribution in [0.3, 0.4) is 0 Å². The number of carbonyl (C=O) groups excluding carboxylic acids is 2. The summed E-state index contributed by atoms with van der Waals surface area (Å²) in [6.45, 7) is 3.44. The lowest BCUT2D eigenvalue weighted by atomic mass is 10.1. The fourth-order valence-corrected chi connectivity index (χ4v) is 4.19. The topological polar surface area (TPSA) is 85.2 Å². The van der Waals surface area contributed by atoms with E-state index in [1.807, 2.05) is 47.9 Å². The summed E-state index contributed by atoms with van der Waals surface area (Å²) >= 11 is 7.85. The van der Waals surface area contributed by atoms with Crippen LogP contribution < -0.4 is 10.6 Å². The standard InChI is InChI=1S/C21H21ClN4O2S/c1-14-17(21(28)26-7-9-29-10-8-26)3-2-4-19(14)24-13-20(27)25-16-6-5-15(12-23)18(22)11-16/h2-6,11,24H,7-10,13H2,1H3,(H,25,27). The van der Waals surface area contributed by atoms with E-state index in [2.05, 4.69) is 10.6 Å². The molecule has 8 heteroatoms. The predicted molar refractivity (Wildman–Crippen MR) is 118 cm³/mol. The maximum absolute atomic E-state index is 12.8. The van der Waals surface area contributed by atoms with E-state index in [1.165, 1.54) is 0 Å². The SMILES string of the molecule is Cc1c(NCC(=O)Nc2ccc(C#N)c(Cl)c2)cccc1C(=O)N1CCSCC1. The Balaban J connectivity index is 1.63. The van der Waals surface area contributed by atoms with E-state index in [9.17, 15) is 9.59 Å². The highest BCUT2D eigenvalue weighted by molar-refractivity contribution is 7.99. The van der Waals surface area contributed by atoms with Crippen LogP contribution in [0.1, 0.15) is 21.5 Å². The van der Waals surface area contributed by atoms with Crippen LogP contribution >= 0.6 is 23.4 Å². The number of hydrogen-bond donors (Lipinski definition) is 2. The van der Waals surface area contributed by atoms with Gasteiger partial charge in [0.05, 0.1) is 17.1 Å². The first-order chi connectivity index (χ1) is 14.0. The van der Waals surface area contributed by atoms with Gasteiger partial charge in [0.2, 0.25) is 5.91 Å². The van der Waals surface area contributed by atoms with E-state index in [4.69, 9.17) is 16.9 Å². The van der Waals surface area contributed by atoms with E-state index in [-0.39, 0.29) is 23.4 Å². The van der Waals surface area contributed by atoms with Gasteiger partial charge in [0.25, 0.3) is 5.91 Å². The zero-order chi connectivity index (χ0) is 20.8. The van der Waals surface area contributed by atoms with Gasteiger partial charge in [0.1, 0.15) is 6.07 Å². The number of thioether (sulfide) groups is 1. The number of nitrogens with one attached hydrogen (secondary N) is 2. The van der Waals surface area contributed by atoms with Crippen molar-refractivity contribution in [2.24, 2.45) is 0 Å². The van der Waals surface area contributed by atoms with Crippen LogP contribution in [0.2, 0.25) is 5.02 Å². The van der Waals surface area contributed by atoms with Crippen molar-refractivity contribution < 1.29 is 9.59 Å². The lowest BCUT2D eigenvalue weighted by Gasteiger charge is -2.27. The summed E-state index contributed by atoms with van der Waals surface area (Å²) in [5.74, 6) is 1.70. The number of halogens is 1. The van der Waals surface area contributed by atoms with Gasteiger partial charge in [-0.15, -0.1) is 0 Å². The molecule has 150 valence electrons. The van der Waals surface area contributed by atoms with Crippen LogP contribution in [-0.2, 0) is 4.79 Å². The Morgan fingerprint density at radius 1 is 1.24 bits per heavy atom. The molecule has 1 aliphatic rings. The van der Waals surface area contributed by atoms with Crippen LogP contribution in [0, 0.1) is 18.3 Å². The third kappa shape index (κ3) is 5.22. The fourth-order valence-electron chi connectivity index (χ4n) is 3.06. The van der Waals surface area contributed by atoms with Crippen molar-refractivity contribution in [2.45, 2.75) is 6.92 Å². The Morgan fingerprint density at radius 3 is 2.69 bits per heavy atom. The smallest absolute Gasteiger partial charge is 0.254 e. The molecule has 0 atom stereocenters. The predicted octanol–water partition coefficient (Wildman–Crippen LogP) is 3.76. The van der Waals surface area contributed by atoms with Crippen molar-refractivity contribution in [1.29, 1.82) is 5.26 Å². The first-order valence-corrected chi connectivity index (χ1v) is 10.7. The van der Waals surface area contributed by atoms with Crippen molar-refractivity contribution >= 4 is 46.6 Å². The van der Waals surface area contributed by atoms with Crippen molar-refractivity contribution in [1.82, 2.24) is 4.90 Å². The van der Waals surface area contributed by atoms with E-state index in [1.54, 1.807) is 18.2 Å². The molecule has 2 aromatic carbocycles. The van der Waals surface area contributed by atoms with Gasteiger partial charge < -0.3 is 15.5 Å². The Bertz CT molecular complexity index is 968. The normalized spacial score (nSPS) is 13.5. The highest BCUT2D eigenvalue weighted by atomic mass is 35.5. The minimum atomic E-state index is -0.255. The van der Waals surface area contributed by atoms with Crippen LogP contribution in [0.15, 0.2) is 36.4 Å². The lowest BCUT2D eigenvalue weighted by Crippen LogP contribution is -2.38. The molecule has 0 saturated carbocycles. The Labute approximate surface area is 179 Å². The highest BCUT2D eigenvalue weighted by Crippen LogP contribution is 2.23. The summed E-state index contributed by atoms with van der Waals surface area (Å²) in [5.41, 5.74) is 3.10.